The van der Waals surface area contributed by atoms with Gasteiger partial charge in [0.1, 0.15) is 0 Å². The van der Waals surface area contributed by atoms with Gasteiger partial charge in [-0.25, -0.2) is 0 Å². The molecule has 0 bridgehead atoms. The van der Waals surface area contributed by atoms with Gasteiger partial charge in [0.05, 0.1) is 0 Å². The molecule has 0 heteroatoms. The molecule has 0 radical (unpaired) electrons. The Hall–Kier alpha value is 0. The molecule has 0 spiro atoms. The normalized spacial score (nSPS) is 23.4. The van der Waals surface area contributed by atoms with Crippen LogP contribution in [0.15, 0.2) is 0 Å². The van der Waals surface area contributed by atoms with Crippen molar-refractivity contribution >= 4 is 0 Å². The molecule has 0 atom stereocenters. The van der Waals surface area contributed by atoms with Crippen LogP contribution in [0.5, 0.6) is 0 Å². The van der Waals surface area contributed by atoms with Crippen molar-refractivity contribution < 1.29 is 0 Å². The summed E-state index contributed by atoms with van der Waals surface area (Å²) >= 11 is 0. The van der Waals surface area contributed by atoms with Crippen molar-refractivity contribution in [1.82, 2.24) is 0 Å². The molecule has 0 nitrogen and oxygen atoms in total. The van der Waals surface area contributed by atoms with E-state index >= 15 is 0 Å². The van der Waals surface area contributed by atoms with E-state index in [-0.39, 0.29) is 0 Å². The molecule has 5 aliphatic carbocycles. The quantitative estimate of drug-likeness (QED) is 0.292. The Kier molecular flexibility index (Phi) is 15.6. The van der Waals surface area contributed by atoms with Gasteiger partial charge in [0.15, 0.2) is 0 Å². The first kappa shape index (κ1) is 39.0. The molecule has 5 saturated carbocycles. The van der Waals surface area contributed by atoms with E-state index in [9.17, 15) is 0 Å². The summed E-state index contributed by atoms with van der Waals surface area (Å²) in [6, 6.07) is 0. The molecule has 0 aromatic heterocycles. The fourth-order valence-corrected chi connectivity index (χ4v) is 6.75. The van der Waals surface area contributed by atoms with E-state index in [0.29, 0.717) is 27.1 Å². The van der Waals surface area contributed by atoms with Gasteiger partial charge in [-0.2, -0.15) is 0 Å². The third-order valence-electron chi connectivity index (χ3n) is 12.1. The van der Waals surface area contributed by atoms with Crippen molar-refractivity contribution in [2.24, 2.45) is 56.7 Å². The van der Waals surface area contributed by atoms with E-state index in [0.717, 1.165) is 29.6 Å². The molecular formula is C41H82. The highest BCUT2D eigenvalue weighted by molar-refractivity contribution is 4.97. The van der Waals surface area contributed by atoms with Gasteiger partial charge in [-0.1, -0.05) is 155 Å². The second kappa shape index (κ2) is 16.4. The molecule has 0 saturated heterocycles. The number of hydrogen-bond acceptors (Lipinski definition) is 0. The van der Waals surface area contributed by atoms with Gasteiger partial charge in [0, 0.05) is 0 Å². The molecule has 246 valence electrons. The lowest BCUT2D eigenvalue weighted by atomic mass is 9.72. The SMILES string of the molecule is CC(C)(C)C1(C)CC1.CC(C)(C)C1CC1.CC(C)(C)C1CCCC1.CC(C)(C)C1CCCCC1.CC(C)C1CCC1. The van der Waals surface area contributed by atoms with Crippen molar-refractivity contribution in [2.75, 3.05) is 0 Å². The van der Waals surface area contributed by atoms with Gasteiger partial charge < -0.3 is 0 Å². The van der Waals surface area contributed by atoms with E-state index < -0.39 is 0 Å². The highest BCUT2D eigenvalue weighted by Gasteiger charge is 2.47. The van der Waals surface area contributed by atoms with E-state index in [4.69, 9.17) is 0 Å². The van der Waals surface area contributed by atoms with Gasteiger partial charge in [-0.05, 0) is 108 Å². The molecule has 0 heterocycles. The van der Waals surface area contributed by atoms with Crippen LogP contribution in [-0.2, 0) is 0 Å². The average molecular weight is 575 g/mol. The Labute approximate surface area is 262 Å². The Morgan fingerprint density at radius 3 is 0.854 bits per heavy atom. The first-order valence-corrected chi connectivity index (χ1v) is 18.6. The second-order valence-electron chi connectivity index (χ2n) is 19.9. The summed E-state index contributed by atoms with van der Waals surface area (Å²) in [4.78, 5) is 0. The van der Waals surface area contributed by atoms with Crippen LogP contribution in [0.25, 0.3) is 0 Å². The highest BCUT2D eigenvalue weighted by Crippen LogP contribution is 2.57. The summed E-state index contributed by atoms with van der Waals surface area (Å²) in [6.07, 6.45) is 23.6. The molecule has 5 fully saturated rings. The van der Waals surface area contributed by atoms with Gasteiger partial charge in [-0.15, -0.1) is 0 Å². The molecule has 5 rings (SSSR count). The lowest BCUT2D eigenvalue weighted by Gasteiger charge is -2.33. The molecule has 0 unspecified atom stereocenters. The summed E-state index contributed by atoms with van der Waals surface area (Å²) in [5.74, 6) is 5.10. The Morgan fingerprint density at radius 1 is 0.439 bits per heavy atom. The maximum atomic E-state index is 2.38. The average Bonchev–Trinajstić information content (AvgIpc) is 3.71. The van der Waals surface area contributed by atoms with Gasteiger partial charge in [-0.3, -0.25) is 0 Å². The largest absolute Gasteiger partial charge is 0.0625 e. The molecule has 0 N–H and O–H groups in total. The zero-order valence-electron chi connectivity index (χ0n) is 31.7. The van der Waals surface area contributed by atoms with Crippen LogP contribution < -0.4 is 0 Å². The third kappa shape index (κ3) is 16.0. The molecule has 41 heavy (non-hydrogen) atoms. The lowest BCUT2D eigenvalue weighted by Crippen LogP contribution is -2.22. The smallest absolute Gasteiger partial charge is 0.0277 e. The third-order valence-corrected chi connectivity index (χ3v) is 12.1. The van der Waals surface area contributed by atoms with Crippen molar-refractivity contribution in [3.05, 3.63) is 0 Å². The monoisotopic (exact) mass is 575 g/mol. The van der Waals surface area contributed by atoms with E-state index in [2.05, 4.69) is 104 Å². The van der Waals surface area contributed by atoms with Crippen LogP contribution in [0.1, 0.15) is 207 Å². The van der Waals surface area contributed by atoms with Crippen LogP contribution in [-0.4, -0.2) is 0 Å². The summed E-state index contributed by atoms with van der Waals surface area (Å²) in [5, 5.41) is 0. The lowest BCUT2D eigenvalue weighted by molar-refractivity contribution is 0.180. The van der Waals surface area contributed by atoms with E-state index in [1.807, 2.05) is 0 Å². The van der Waals surface area contributed by atoms with Gasteiger partial charge in [0.25, 0.3) is 0 Å². The molecule has 0 aromatic rings. The first-order valence-electron chi connectivity index (χ1n) is 18.6. The molecule has 0 amide bonds. The predicted molar refractivity (Wildman–Crippen MR) is 189 cm³/mol. The first-order chi connectivity index (χ1) is 18.6. The summed E-state index contributed by atoms with van der Waals surface area (Å²) in [5.41, 5.74) is 3.00. The van der Waals surface area contributed by atoms with E-state index in [1.165, 1.54) is 103 Å². The minimum Gasteiger partial charge on any atom is -0.0625 e. The highest BCUT2D eigenvalue weighted by atomic mass is 14.5. The zero-order chi connectivity index (χ0) is 31.7. The maximum absolute atomic E-state index is 2.38. The number of rotatable bonds is 1. The molecule has 0 aliphatic heterocycles. The van der Waals surface area contributed by atoms with Crippen LogP contribution in [0, 0.1) is 56.7 Å². The van der Waals surface area contributed by atoms with Gasteiger partial charge >= 0.3 is 0 Å². The van der Waals surface area contributed by atoms with Crippen LogP contribution in [0.2, 0.25) is 0 Å². The number of hydrogen-bond donors (Lipinski definition) is 0. The second-order valence-corrected chi connectivity index (χ2v) is 19.9. The topological polar surface area (TPSA) is 0 Å². The van der Waals surface area contributed by atoms with Crippen LogP contribution in [0.3, 0.4) is 0 Å². The van der Waals surface area contributed by atoms with Crippen LogP contribution >= 0.6 is 0 Å². The summed E-state index contributed by atoms with van der Waals surface area (Å²) < 4.78 is 0. The fraction of sp³-hybridized carbons (Fsp3) is 1.00. The van der Waals surface area contributed by atoms with Crippen molar-refractivity contribution in [2.45, 2.75) is 207 Å². The molecular weight excluding hydrogens is 492 g/mol. The Bertz CT molecular complexity index is 654. The van der Waals surface area contributed by atoms with Crippen molar-refractivity contribution in [3.8, 4) is 0 Å². The van der Waals surface area contributed by atoms with Gasteiger partial charge in [0.2, 0.25) is 0 Å². The minimum absolute atomic E-state index is 0.549. The van der Waals surface area contributed by atoms with Crippen molar-refractivity contribution in [3.63, 3.8) is 0 Å². The zero-order valence-corrected chi connectivity index (χ0v) is 31.7. The minimum atomic E-state index is 0.549. The molecule has 5 aliphatic rings. The standard InChI is InChI=1S/C10H20.C9H18.C8H16.2C7H14/c1-10(2,3)9-7-5-4-6-8-9;1-9(2,3)8-6-4-5-7-8;1-7(2,3)8(4)5-6-8;1-7(2,3)6-4-5-6;1-6(2)7-4-3-5-7/h9H,4-8H2,1-3H3;8H,4-7H2,1-3H3;5-6H2,1-4H3;6H,4-5H2,1-3H3;6-7H,3-5H2,1-2H3. The maximum Gasteiger partial charge on any atom is -0.0277 e. The Balaban J connectivity index is 0.000000258. The van der Waals surface area contributed by atoms with Crippen LogP contribution in [0.4, 0.5) is 0 Å². The summed E-state index contributed by atoms with van der Waals surface area (Å²) in [6.45, 7) is 35.2. The van der Waals surface area contributed by atoms with E-state index in [1.54, 1.807) is 0 Å². The predicted octanol–water partition coefficient (Wildman–Crippen LogP) is 14.6. The molecule has 0 aromatic carbocycles. The van der Waals surface area contributed by atoms with Crippen molar-refractivity contribution in [1.29, 1.82) is 0 Å². The Morgan fingerprint density at radius 2 is 0.756 bits per heavy atom. The fourth-order valence-electron chi connectivity index (χ4n) is 6.75. The summed E-state index contributed by atoms with van der Waals surface area (Å²) in [7, 11) is 0.